The first-order valence-electron chi connectivity index (χ1n) is 10.8. The van der Waals surface area contributed by atoms with Gasteiger partial charge in [-0.15, -0.1) is 0 Å². The highest BCUT2D eigenvalue weighted by atomic mass is 16.5. The Morgan fingerprint density at radius 2 is 1.94 bits per heavy atom. The molecule has 1 spiro atoms. The zero-order valence-corrected chi connectivity index (χ0v) is 17.5. The van der Waals surface area contributed by atoms with Gasteiger partial charge in [0.1, 0.15) is 11.4 Å². The minimum absolute atomic E-state index is 0.00962. The fourth-order valence-electron chi connectivity index (χ4n) is 4.93. The number of hydrogen-bond acceptors (Lipinski definition) is 5. The number of hydrogen-bond donors (Lipinski definition) is 1. The number of ether oxygens (including phenoxy) is 1. The van der Waals surface area contributed by atoms with E-state index in [1.165, 1.54) is 0 Å². The van der Waals surface area contributed by atoms with Crippen LogP contribution in [-0.4, -0.2) is 46.9 Å². The first kappa shape index (κ1) is 19.7. The van der Waals surface area contributed by atoms with Gasteiger partial charge >= 0.3 is 0 Å². The van der Waals surface area contributed by atoms with Crippen molar-refractivity contribution in [3.05, 3.63) is 53.6 Å². The van der Waals surface area contributed by atoms with Gasteiger partial charge in [-0.2, -0.15) is 5.10 Å². The van der Waals surface area contributed by atoms with Crippen LogP contribution >= 0.6 is 0 Å². The number of nitrogens with one attached hydrogen (secondary N) is 1. The Hall–Kier alpha value is -3.22. The Bertz CT molecular complexity index is 1050. The summed E-state index contributed by atoms with van der Waals surface area (Å²) in [7, 11) is 0. The molecule has 160 valence electrons. The van der Waals surface area contributed by atoms with Crippen molar-refractivity contribution in [3.63, 3.8) is 0 Å². The number of Topliss-reactive ketones (excluding diaryl/α,β-unsaturated/α-hetero) is 1. The second-order valence-electron chi connectivity index (χ2n) is 8.84. The van der Waals surface area contributed by atoms with Crippen LogP contribution in [0.25, 0.3) is 0 Å². The van der Waals surface area contributed by atoms with Crippen LogP contribution in [0.3, 0.4) is 0 Å². The van der Waals surface area contributed by atoms with E-state index in [1.807, 2.05) is 54.3 Å². The van der Waals surface area contributed by atoms with Gasteiger partial charge in [0.25, 0.3) is 0 Å². The highest BCUT2D eigenvalue weighted by molar-refractivity contribution is 6.07. The summed E-state index contributed by atoms with van der Waals surface area (Å²) < 4.78 is 6.30. The molecular weight excluding hydrogens is 394 g/mol. The van der Waals surface area contributed by atoms with E-state index in [4.69, 9.17) is 4.74 Å². The molecule has 1 N–H and O–H groups in total. The number of amides is 2. The Kier molecular flexibility index (Phi) is 4.76. The Labute approximate surface area is 180 Å². The summed E-state index contributed by atoms with van der Waals surface area (Å²) in [6.07, 6.45) is 9.29. The number of likely N-dealkylation sites (tertiary alicyclic amines) is 1. The van der Waals surface area contributed by atoms with Gasteiger partial charge in [0.2, 0.25) is 11.8 Å². The smallest absolute Gasteiger partial charge is 0.247 e. The molecule has 1 aromatic carbocycles. The van der Waals surface area contributed by atoms with Crippen LogP contribution < -0.4 is 10.2 Å². The summed E-state index contributed by atoms with van der Waals surface area (Å²) in [4.78, 5) is 39.5. The Balaban J connectivity index is 1.24. The number of fused-ring (bicyclic) bond motifs is 2. The van der Waals surface area contributed by atoms with E-state index in [2.05, 4.69) is 10.5 Å². The van der Waals surface area contributed by atoms with Crippen LogP contribution in [0.5, 0.6) is 5.75 Å². The minimum Gasteiger partial charge on any atom is -0.486 e. The van der Waals surface area contributed by atoms with Crippen molar-refractivity contribution in [2.45, 2.75) is 38.2 Å². The molecule has 7 nitrogen and oxygen atoms in total. The number of nitrogens with zero attached hydrogens (tertiary/aromatic N) is 2. The molecule has 4 aliphatic rings. The first-order chi connectivity index (χ1) is 14.9. The van der Waals surface area contributed by atoms with Gasteiger partial charge in [0.05, 0.1) is 30.0 Å². The average Bonchev–Trinajstić information content (AvgIpc) is 2.77. The first-order valence-corrected chi connectivity index (χ1v) is 10.8. The number of carbonyl (C=O) groups is 3. The molecule has 2 atom stereocenters. The molecule has 1 saturated heterocycles. The van der Waals surface area contributed by atoms with E-state index < -0.39 is 5.60 Å². The third-order valence-electron chi connectivity index (χ3n) is 6.74. The van der Waals surface area contributed by atoms with Crippen molar-refractivity contribution in [2.75, 3.05) is 13.1 Å². The van der Waals surface area contributed by atoms with E-state index in [-0.39, 0.29) is 35.9 Å². The van der Waals surface area contributed by atoms with E-state index in [1.54, 1.807) is 0 Å². The third-order valence-corrected chi connectivity index (χ3v) is 6.74. The highest BCUT2D eigenvalue weighted by Gasteiger charge is 2.44. The molecule has 3 heterocycles. The topological polar surface area (TPSA) is 88.1 Å². The molecule has 2 unspecified atom stereocenters. The predicted octanol–water partition coefficient (Wildman–Crippen LogP) is 2.56. The molecule has 1 aromatic rings. The maximum absolute atomic E-state index is 13.0. The summed E-state index contributed by atoms with van der Waals surface area (Å²) in [5.74, 6) is 0.136. The van der Waals surface area contributed by atoms with Crippen LogP contribution in [0.2, 0.25) is 0 Å². The van der Waals surface area contributed by atoms with Crippen molar-refractivity contribution in [2.24, 2.45) is 16.9 Å². The normalized spacial score (nSPS) is 26.0. The number of ketones is 1. The molecule has 0 radical (unpaired) electrons. The third kappa shape index (κ3) is 3.58. The monoisotopic (exact) mass is 419 g/mol. The summed E-state index contributed by atoms with van der Waals surface area (Å²) in [5, 5.41) is 4.17. The highest BCUT2D eigenvalue weighted by Crippen LogP contribution is 2.39. The van der Waals surface area contributed by atoms with Crippen molar-refractivity contribution >= 4 is 23.3 Å². The van der Waals surface area contributed by atoms with Gasteiger partial charge in [-0.05, 0) is 19.1 Å². The maximum Gasteiger partial charge on any atom is 0.247 e. The zero-order chi connectivity index (χ0) is 21.6. The van der Waals surface area contributed by atoms with E-state index in [0.29, 0.717) is 49.4 Å². The lowest BCUT2D eigenvalue weighted by atomic mass is 9.81. The molecule has 1 fully saturated rings. The van der Waals surface area contributed by atoms with Crippen molar-refractivity contribution in [3.8, 4) is 5.75 Å². The quantitative estimate of drug-likeness (QED) is 0.798. The van der Waals surface area contributed by atoms with Gasteiger partial charge in [0, 0.05) is 31.8 Å². The largest absolute Gasteiger partial charge is 0.486 e. The average molecular weight is 419 g/mol. The lowest BCUT2D eigenvalue weighted by Crippen LogP contribution is -2.52. The van der Waals surface area contributed by atoms with Crippen molar-refractivity contribution in [1.29, 1.82) is 0 Å². The van der Waals surface area contributed by atoms with E-state index >= 15 is 0 Å². The summed E-state index contributed by atoms with van der Waals surface area (Å²) in [6, 6.07) is 5.71. The fraction of sp³-hybridized carbons (Fsp3) is 0.417. The number of benzene rings is 1. The van der Waals surface area contributed by atoms with Crippen LogP contribution in [0.15, 0.2) is 47.6 Å². The standard InChI is InChI=1S/C24H25N3O4/c1-15-6-7-21-18(12-15)20(28)14-24(31-21)8-10-27(11-9-24)22(29)13-19-16-4-2-3-5-17(16)23(30)26-25-19/h2-7,12,16-17H,8-11,13-14H2,1H3,(H,26,30). The van der Waals surface area contributed by atoms with Crippen molar-refractivity contribution in [1.82, 2.24) is 10.3 Å². The second-order valence-corrected chi connectivity index (χ2v) is 8.84. The molecule has 0 saturated carbocycles. The molecule has 31 heavy (non-hydrogen) atoms. The maximum atomic E-state index is 13.0. The Morgan fingerprint density at radius 1 is 1.19 bits per heavy atom. The SMILES string of the molecule is Cc1ccc2c(c1)C(=O)CC1(CCN(C(=O)CC3=NNC(=O)C4C=CC=CC34)CC1)O2. The van der Waals surface area contributed by atoms with E-state index in [0.717, 1.165) is 5.56 Å². The zero-order valence-electron chi connectivity index (χ0n) is 17.5. The minimum atomic E-state index is -0.533. The molecule has 3 aliphatic heterocycles. The number of carbonyl (C=O) groups excluding carboxylic acids is 3. The second kappa shape index (κ2) is 7.48. The van der Waals surface area contributed by atoms with Gasteiger partial charge in [0.15, 0.2) is 5.78 Å². The molecule has 0 bridgehead atoms. The lowest BCUT2D eigenvalue weighted by molar-refractivity contribution is -0.133. The Morgan fingerprint density at radius 3 is 2.71 bits per heavy atom. The molecular formula is C24H25N3O4. The van der Waals surface area contributed by atoms with Crippen molar-refractivity contribution < 1.29 is 19.1 Å². The van der Waals surface area contributed by atoms with E-state index in [9.17, 15) is 14.4 Å². The van der Waals surface area contributed by atoms with Crippen LogP contribution in [0, 0.1) is 18.8 Å². The van der Waals surface area contributed by atoms with Crippen LogP contribution in [0.4, 0.5) is 0 Å². The molecule has 0 aromatic heterocycles. The number of allylic oxidation sites excluding steroid dienone is 3. The van der Waals surface area contributed by atoms with Crippen LogP contribution in [-0.2, 0) is 9.59 Å². The van der Waals surface area contributed by atoms with Gasteiger partial charge in [-0.25, -0.2) is 5.43 Å². The molecule has 7 heteroatoms. The van der Waals surface area contributed by atoms with Gasteiger partial charge in [-0.1, -0.05) is 35.9 Å². The van der Waals surface area contributed by atoms with Crippen LogP contribution in [0.1, 0.15) is 41.6 Å². The molecule has 5 rings (SSSR count). The number of rotatable bonds is 2. The number of piperidine rings is 1. The lowest BCUT2D eigenvalue weighted by Gasteiger charge is -2.44. The summed E-state index contributed by atoms with van der Waals surface area (Å²) in [6.45, 7) is 3.04. The molecule has 1 aliphatic carbocycles. The molecule has 2 amide bonds. The number of hydrazone groups is 1. The summed E-state index contributed by atoms with van der Waals surface area (Å²) in [5.41, 5.74) is 4.39. The predicted molar refractivity (Wildman–Crippen MR) is 115 cm³/mol. The number of aryl methyl sites for hydroxylation is 1. The van der Waals surface area contributed by atoms with Gasteiger partial charge < -0.3 is 9.64 Å². The summed E-state index contributed by atoms with van der Waals surface area (Å²) >= 11 is 0. The van der Waals surface area contributed by atoms with Gasteiger partial charge in [-0.3, -0.25) is 14.4 Å². The fourth-order valence-corrected chi connectivity index (χ4v) is 4.93.